The van der Waals surface area contributed by atoms with Crippen molar-refractivity contribution < 1.29 is 17.6 Å². The summed E-state index contributed by atoms with van der Waals surface area (Å²) in [6, 6.07) is 6.12. The molecule has 1 N–H and O–H groups in total. The monoisotopic (exact) mass is 363 g/mol. The molecule has 132 valence electrons. The number of carbonyl (C=O) groups is 1. The highest BCUT2D eigenvalue weighted by Gasteiger charge is 2.37. The number of hydrogen-bond donors (Lipinski definition) is 1. The lowest BCUT2D eigenvalue weighted by molar-refractivity contribution is -0.116. The number of carbonyl (C=O) groups excluding carboxylic acids is 1. The van der Waals surface area contributed by atoms with Crippen LogP contribution in [0, 0.1) is 12.7 Å². The minimum Gasteiger partial charge on any atom is -0.311 e. The molecule has 0 bridgehead atoms. The van der Waals surface area contributed by atoms with Crippen molar-refractivity contribution in [3.05, 3.63) is 46.9 Å². The molecule has 2 atom stereocenters. The molecule has 0 saturated carbocycles. The number of rotatable bonds is 2. The van der Waals surface area contributed by atoms with Crippen LogP contribution in [0.4, 0.5) is 10.2 Å². The third-order valence-corrected chi connectivity index (χ3v) is 6.71. The van der Waals surface area contributed by atoms with Gasteiger partial charge in [-0.15, -0.1) is 0 Å². The number of aromatic nitrogens is 2. The van der Waals surface area contributed by atoms with Gasteiger partial charge in [0.1, 0.15) is 11.6 Å². The van der Waals surface area contributed by atoms with Crippen molar-refractivity contribution in [1.29, 1.82) is 0 Å². The van der Waals surface area contributed by atoms with Gasteiger partial charge in [0.05, 0.1) is 23.2 Å². The van der Waals surface area contributed by atoms with Crippen LogP contribution in [-0.2, 0) is 14.6 Å². The second kappa shape index (κ2) is 5.66. The Hall–Kier alpha value is -2.22. The zero-order valence-electron chi connectivity index (χ0n) is 13.7. The average molecular weight is 363 g/mol. The molecule has 25 heavy (non-hydrogen) atoms. The Morgan fingerprint density at radius 3 is 2.76 bits per heavy atom. The highest BCUT2D eigenvalue weighted by atomic mass is 32.2. The van der Waals surface area contributed by atoms with Gasteiger partial charge in [0.2, 0.25) is 5.91 Å². The molecular weight excluding hydrogens is 345 g/mol. The van der Waals surface area contributed by atoms with E-state index in [1.54, 1.807) is 22.9 Å². The molecule has 0 aliphatic carbocycles. The predicted molar refractivity (Wildman–Crippen MR) is 90.8 cm³/mol. The first kappa shape index (κ1) is 16.3. The Balaban J connectivity index is 1.83. The van der Waals surface area contributed by atoms with Crippen LogP contribution >= 0.6 is 0 Å². The fourth-order valence-corrected chi connectivity index (χ4v) is 5.52. The van der Waals surface area contributed by atoms with Crippen LogP contribution in [0.5, 0.6) is 0 Å². The van der Waals surface area contributed by atoms with Crippen LogP contribution in [0.25, 0.3) is 0 Å². The molecule has 6 nitrogen and oxygen atoms in total. The number of amides is 1. The van der Waals surface area contributed by atoms with Crippen molar-refractivity contribution in [1.82, 2.24) is 9.78 Å². The van der Waals surface area contributed by atoms with Crippen molar-refractivity contribution in [2.45, 2.75) is 31.7 Å². The summed E-state index contributed by atoms with van der Waals surface area (Å²) in [5, 5.41) is 7.31. The molecule has 1 aromatic heterocycles. The van der Waals surface area contributed by atoms with Gasteiger partial charge in [-0.05, 0) is 25.0 Å². The van der Waals surface area contributed by atoms with Crippen molar-refractivity contribution in [3.8, 4) is 0 Å². The SMILES string of the molecule is Cc1nn([C@H]2CCS(=O)(=O)C2)c2c1[C@@H](c1ccccc1F)CC(=O)N2. The van der Waals surface area contributed by atoms with E-state index in [1.807, 2.05) is 6.92 Å². The van der Waals surface area contributed by atoms with Gasteiger partial charge in [-0.1, -0.05) is 18.2 Å². The van der Waals surface area contributed by atoms with Crippen molar-refractivity contribution in [3.63, 3.8) is 0 Å². The van der Waals surface area contributed by atoms with Gasteiger partial charge in [0.25, 0.3) is 0 Å². The van der Waals surface area contributed by atoms with Gasteiger partial charge in [0, 0.05) is 17.9 Å². The van der Waals surface area contributed by atoms with E-state index >= 15 is 0 Å². The maximum atomic E-state index is 14.3. The molecule has 2 aliphatic rings. The van der Waals surface area contributed by atoms with Crippen LogP contribution < -0.4 is 5.32 Å². The predicted octanol–water partition coefficient (Wildman–Crippen LogP) is 2.16. The van der Waals surface area contributed by atoms with E-state index < -0.39 is 15.8 Å². The van der Waals surface area contributed by atoms with E-state index in [9.17, 15) is 17.6 Å². The molecule has 0 radical (unpaired) electrons. The van der Waals surface area contributed by atoms with Crippen molar-refractivity contribution in [2.75, 3.05) is 16.8 Å². The molecule has 0 unspecified atom stereocenters. The van der Waals surface area contributed by atoms with E-state index in [0.717, 1.165) is 5.56 Å². The number of aryl methyl sites for hydroxylation is 1. The van der Waals surface area contributed by atoms with Gasteiger partial charge in [-0.3, -0.25) is 4.79 Å². The van der Waals surface area contributed by atoms with Gasteiger partial charge < -0.3 is 5.32 Å². The largest absolute Gasteiger partial charge is 0.311 e. The minimum atomic E-state index is -3.08. The van der Waals surface area contributed by atoms with Gasteiger partial charge in [0.15, 0.2) is 9.84 Å². The molecule has 2 aromatic rings. The Bertz CT molecular complexity index is 968. The second-order valence-electron chi connectivity index (χ2n) is 6.68. The second-order valence-corrected chi connectivity index (χ2v) is 8.90. The fraction of sp³-hybridized carbons (Fsp3) is 0.412. The zero-order valence-corrected chi connectivity index (χ0v) is 14.5. The third kappa shape index (κ3) is 2.74. The number of benzene rings is 1. The van der Waals surface area contributed by atoms with Crippen molar-refractivity contribution >= 4 is 21.6 Å². The highest BCUT2D eigenvalue weighted by Crippen LogP contribution is 2.42. The van der Waals surface area contributed by atoms with E-state index in [2.05, 4.69) is 10.4 Å². The minimum absolute atomic E-state index is 0.0147. The summed E-state index contributed by atoms with van der Waals surface area (Å²) >= 11 is 0. The van der Waals surface area contributed by atoms with Crippen LogP contribution in [-0.4, -0.2) is 35.6 Å². The number of fused-ring (bicyclic) bond motifs is 1. The molecule has 4 rings (SSSR count). The number of anilines is 1. The standard InChI is InChI=1S/C17H18FN3O3S/c1-10-16-13(12-4-2-3-5-14(12)18)8-15(22)19-17(16)21(20-10)11-6-7-25(23,24)9-11/h2-5,11,13H,6-9H2,1H3,(H,19,22)/t11-,13+/m0/s1. The number of nitrogens with zero attached hydrogens (tertiary/aromatic N) is 2. The Kier molecular flexibility index (Phi) is 3.68. The summed E-state index contributed by atoms with van der Waals surface area (Å²) in [5.74, 6) is -0.357. The summed E-state index contributed by atoms with van der Waals surface area (Å²) in [6.07, 6.45) is 0.611. The molecular formula is C17H18FN3O3S. The summed E-state index contributed by atoms with van der Waals surface area (Å²) < 4.78 is 39.5. The molecule has 1 fully saturated rings. The maximum absolute atomic E-state index is 14.3. The zero-order chi connectivity index (χ0) is 17.8. The molecule has 0 spiro atoms. The quantitative estimate of drug-likeness (QED) is 0.887. The van der Waals surface area contributed by atoms with E-state index in [1.165, 1.54) is 6.07 Å². The fourth-order valence-electron chi connectivity index (χ4n) is 3.83. The molecule has 3 heterocycles. The first-order valence-corrected chi connectivity index (χ1v) is 10.0. The van der Waals surface area contributed by atoms with Crippen LogP contribution in [0.3, 0.4) is 0 Å². The third-order valence-electron chi connectivity index (χ3n) is 4.96. The first-order valence-electron chi connectivity index (χ1n) is 8.19. The lowest BCUT2D eigenvalue weighted by Crippen LogP contribution is -2.26. The lowest BCUT2D eigenvalue weighted by atomic mass is 9.85. The average Bonchev–Trinajstić information content (AvgIpc) is 3.07. The molecule has 8 heteroatoms. The van der Waals surface area contributed by atoms with Gasteiger partial charge >= 0.3 is 0 Å². The number of hydrogen-bond acceptors (Lipinski definition) is 4. The van der Waals surface area contributed by atoms with Gasteiger partial charge in [-0.2, -0.15) is 5.10 Å². The first-order chi connectivity index (χ1) is 11.9. The summed E-state index contributed by atoms with van der Waals surface area (Å²) in [6.45, 7) is 1.81. The molecule has 1 saturated heterocycles. The van der Waals surface area contributed by atoms with E-state index in [-0.39, 0.29) is 35.7 Å². The topological polar surface area (TPSA) is 81.1 Å². The Morgan fingerprint density at radius 2 is 2.08 bits per heavy atom. The summed E-state index contributed by atoms with van der Waals surface area (Å²) in [5.41, 5.74) is 1.92. The smallest absolute Gasteiger partial charge is 0.226 e. The van der Waals surface area contributed by atoms with Crippen LogP contribution in [0.15, 0.2) is 24.3 Å². The molecule has 2 aliphatic heterocycles. The van der Waals surface area contributed by atoms with E-state index in [4.69, 9.17) is 0 Å². The number of sulfone groups is 1. The number of nitrogens with one attached hydrogen (secondary N) is 1. The summed E-state index contributed by atoms with van der Waals surface area (Å²) in [4.78, 5) is 12.2. The highest BCUT2D eigenvalue weighted by molar-refractivity contribution is 7.91. The lowest BCUT2D eigenvalue weighted by Gasteiger charge is -2.25. The molecule has 1 amide bonds. The van der Waals surface area contributed by atoms with Crippen molar-refractivity contribution in [2.24, 2.45) is 0 Å². The molecule has 1 aromatic carbocycles. The van der Waals surface area contributed by atoms with Crippen LogP contribution in [0.2, 0.25) is 0 Å². The van der Waals surface area contributed by atoms with E-state index in [0.29, 0.717) is 23.5 Å². The normalized spacial score (nSPS) is 24.8. The summed E-state index contributed by atoms with van der Waals surface area (Å²) in [7, 11) is -3.08. The Labute approximate surface area is 145 Å². The Morgan fingerprint density at radius 1 is 1.32 bits per heavy atom. The maximum Gasteiger partial charge on any atom is 0.226 e. The van der Waals surface area contributed by atoms with Gasteiger partial charge in [-0.25, -0.2) is 17.5 Å². The van der Waals surface area contributed by atoms with Crippen LogP contribution in [0.1, 0.15) is 41.6 Å². The number of halogens is 1.